The lowest BCUT2D eigenvalue weighted by Crippen LogP contribution is -2.35. The third-order valence-electron chi connectivity index (χ3n) is 6.22. The number of fused-ring (bicyclic) bond motifs is 1. The fourth-order valence-corrected chi connectivity index (χ4v) is 5.32. The molecule has 1 aliphatic heterocycles. The number of carbonyl (C=O) groups excluding carboxylic acids is 1. The number of aromatic amines is 1. The van der Waals surface area contributed by atoms with E-state index < -0.39 is 16.0 Å². The number of hydrogen-bond donors (Lipinski definition) is 2. The first-order valence-electron chi connectivity index (χ1n) is 12.5. The van der Waals surface area contributed by atoms with E-state index in [1.807, 2.05) is 12.1 Å². The van der Waals surface area contributed by atoms with Crippen molar-refractivity contribution < 1.29 is 22.7 Å². The van der Waals surface area contributed by atoms with E-state index in [0.29, 0.717) is 22.6 Å². The van der Waals surface area contributed by atoms with Crippen LogP contribution in [0.1, 0.15) is 29.8 Å². The number of carbonyl (C=O) groups is 1. The van der Waals surface area contributed by atoms with Gasteiger partial charge in [0.25, 0.3) is 10.0 Å². The van der Waals surface area contributed by atoms with Gasteiger partial charge < -0.3 is 14.5 Å². The smallest absolute Gasteiger partial charge is 0.338 e. The molecule has 9 nitrogen and oxygen atoms in total. The molecule has 3 aromatic carbocycles. The zero-order valence-electron chi connectivity index (χ0n) is 21.3. The van der Waals surface area contributed by atoms with Crippen LogP contribution in [0, 0.1) is 0 Å². The number of rotatable bonds is 8. The first-order valence-corrected chi connectivity index (χ1v) is 14.0. The summed E-state index contributed by atoms with van der Waals surface area (Å²) in [4.78, 5) is 22.4. The Balaban J connectivity index is 1.29. The summed E-state index contributed by atoms with van der Waals surface area (Å²) in [5, 5.41) is 0. The van der Waals surface area contributed by atoms with E-state index in [-0.39, 0.29) is 11.0 Å². The van der Waals surface area contributed by atoms with Gasteiger partial charge in [0.1, 0.15) is 5.82 Å². The number of H-pyrrole nitrogens is 1. The second kappa shape index (κ2) is 10.9. The minimum atomic E-state index is -3.87. The predicted octanol–water partition coefficient (Wildman–Crippen LogP) is 4.43. The zero-order chi connectivity index (χ0) is 26.7. The largest absolute Gasteiger partial charge is 0.459 e. The first-order chi connectivity index (χ1) is 18.3. The Morgan fingerprint density at radius 3 is 2.45 bits per heavy atom. The van der Waals surface area contributed by atoms with E-state index in [0.717, 1.165) is 43.9 Å². The topological polar surface area (TPSA) is 114 Å². The Bertz CT molecular complexity index is 1520. The SMILES string of the molecule is CC(C)OC(=O)c1ccc(NS(=O)(=O)c2ccc3[nH]c(-c4ccc(CN5CCOCC5)cc4)nc3c2)cc1. The minimum absolute atomic E-state index is 0.0900. The fraction of sp³-hybridized carbons (Fsp3) is 0.286. The molecule has 198 valence electrons. The van der Waals surface area contributed by atoms with Crippen molar-refractivity contribution in [2.24, 2.45) is 0 Å². The zero-order valence-corrected chi connectivity index (χ0v) is 22.1. The molecule has 0 aliphatic carbocycles. The lowest BCUT2D eigenvalue weighted by molar-refractivity contribution is 0.0342. The summed E-state index contributed by atoms with van der Waals surface area (Å²) in [5.41, 5.74) is 4.12. The molecule has 2 N–H and O–H groups in total. The molecule has 4 aromatic rings. The van der Waals surface area contributed by atoms with E-state index in [1.54, 1.807) is 26.0 Å². The van der Waals surface area contributed by atoms with Crippen LogP contribution in [0.4, 0.5) is 5.69 Å². The van der Waals surface area contributed by atoms with Crippen LogP contribution in [0.15, 0.2) is 71.6 Å². The van der Waals surface area contributed by atoms with Crippen LogP contribution in [0.3, 0.4) is 0 Å². The average molecular weight is 535 g/mol. The summed E-state index contributed by atoms with van der Waals surface area (Å²) < 4.78 is 39.2. The molecule has 5 rings (SSSR count). The van der Waals surface area contributed by atoms with Crippen molar-refractivity contribution >= 4 is 32.7 Å². The van der Waals surface area contributed by atoms with Gasteiger partial charge in [-0.3, -0.25) is 9.62 Å². The van der Waals surface area contributed by atoms with Gasteiger partial charge in [0.2, 0.25) is 0 Å². The Morgan fingerprint density at radius 2 is 1.76 bits per heavy atom. The number of nitrogens with one attached hydrogen (secondary N) is 2. The number of sulfonamides is 1. The van der Waals surface area contributed by atoms with Gasteiger partial charge in [-0.25, -0.2) is 18.2 Å². The van der Waals surface area contributed by atoms with Gasteiger partial charge in [-0.05, 0) is 61.9 Å². The molecule has 1 fully saturated rings. The lowest BCUT2D eigenvalue weighted by Gasteiger charge is -2.26. The Morgan fingerprint density at radius 1 is 1.05 bits per heavy atom. The molecule has 0 amide bonds. The van der Waals surface area contributed by atoms with Crippen LogP contribution < -0.4 is 4.72 Å². The number of benzene rings is 3. The van der Waals surface area contributed by atoms with E-state index in [2.05, 4.69) is 31.7 Å². The summed E-state index contributed by atoms with van der Waals surface area (Å²) >= 11 is 0. The lowest BCUT2D eigenvalue weighted by atomic mass is 10.1. The van der Waals surface area contributed by atoms with Crippen LogP contribution in [0.2, 0.25) is 0 Å². The van der Waals surface area contributed by atoms with Crippen LogP contribution in [0.5, 0.6) is 0 Å². The molecule has 0 bridgehead atoms. The molecule has 1 aliphatic rings. The van der Waals surface area contributed by atoms with Gasteiger partial charge >= 0.3 is 5.97 Å². The van der Waals surface area contributed by atoms with Crippen molar-refractivity contribution in [2.75, 3.05) is 31.0 Å². The van der Waals surface area contributed by atoms with Crippen LogP contribution in [-0.2, 0) is 26.0 Å². The van der Waals surface area contributed by atoms with E-state index in [1.165, 1.54) is 35.9 Å². The number of aromatic nitrogens is 2. The van der Waals surface area contributed by atoms with Crippen molar-refractivity contribution in [3.63, 3.8) is 0 Å². The monoisotopic (exact) mass is 534 g/mol. The Hall–Kier alpha value is -3.73. The van der Waals surface area contributed by atoms with E-state index >= 15 is 0 Å². The van der Waals surface area contributed by atoms with Crippen LogP contribution in [-0.4, -0.2) is 61.7 Å². The number of esters is 1. The van der Waals surface area contributed by atoms with Gasteiger partial charge in [0.15, 0.2) is 0 Å². The molecule has 1 saturated heterocycles. The van der Waals surface area contributed by atoms with Crippen molar-refractivity contribution in [1.29, 1.82) is 0 Å². The number of imidazole rings is 1. The average Bonchev–Trinajstić information content (AvgIpc) is 3.33. The maximum Gasteiger partial charge on any atom is 0.338 e. The van der Waals surface area contributed by atoms with E-state index in [9.17, 15) is 13.2 Å². The molecular formula is C28H30N4O5S. The number of ether oxygens (including phenoxy) is 2. The Labute approximate surface area is 221 Å². The molecule has 0 atom stereocenters. The van der Waals surface area contributed by atoms with Gasteiger partial charge in [-0.15, -0.1) is 0 Å². The molecule has 2 heterocycles. The normalized spacial score (nSPS) is 14.6. The standard InChI is InChI=1S/C28H30N4O5S/c1-19(2)37-28(33)22-7-9-23(10-8-22)31-38(34,35)24-11-12-25-26(17-24)30-27(29-25)21-5-3-20(4-6-21)18-32-13-15-36-16-14-32/h3-12,17,19,31H,13-16,18H2,1-2H3,(H,29,30). The maximum absolute atomic E-state index is 13.0. The molecule has 10 heteroatoms. The third-order valence-corrected chi connectivity index (χ3v) is 7.60. The highest BCUT2D eigenvalue weighted by Gasteiger charge is 2.17. The van der Waals surface area contributed by atoms with Crippen molar-refractivity contribution in [3.8, 4) is 11.4 Å². The first kappa shape index (κ1) is 25.9. The second-order valence-electron chi connectivity index (χ2n) is 9.49. The summed E-state index contributed by atoms with van der Waals surface area (Å²) in [7, 11) is -3.87. The summed E-state index contributed by atoms with van der Waals surface area (Å²) in [6.07, 6.45) is -0.238. The summed E-state index contributed by atoms with van der Waals surface area (Å²) in [6, 6.07) is 19.1. The number of hydrogen-bond acceptors (Lipinski definition) is 7. The second-order valence-corrected chi connectivity index (χ2v) is 11.2. The highest BCUT2D eigenvalue weighted by atomic mass is 32.2. The highest BCUT2D eigenvalue weighted by molar-refractivity contribution is 7.92. The predicted molar refractivity (Wildman–Crippen MR) is 145 cm³/mol. The molecule has 0 spiro atoms. The van der Waals surface area contributed by atoms with Gasteiger partial charge in [0.05, 0.1) is 40.8 Å². The molecule has 1 aromatic heterocycles. The molecule has 0 unspecified atom stereocenters. The number of anilines is 1. The van der Waals surface area contributed by atoms with Crippen molar-refractivity contribution in [2.45, 2.75) is 31.4 Å². The quantitative estimate of drug-likeness (QED) is 0.322. The maximum atomic E-state index is 13.0. The van der Waals surface area contributed by atoms with E-state index in [4.69, 9.17) is 9.47 Å². The van der Waals surface area contributed by atoms with Crippen LogP contribution >= 0.6 is 0 Å². The minimum Gasteiger partial charge on any atom is -0.459 e. The van der Waals surface area contributed by atoms with Crippen molar-refractivity contribution in [1.82, 2.24) is 14.9 Å². The highest BCUT2D eigenvalue weighted by Crippen LogP contribution is 2.25. The molecule has 0 saturated carbocycles. The fourth-order valence-electron chi connectivity index (χ4n) is 4.25. The van der Waals surface area contributed by atoms with Gasteiger partial charge in [-0.2, -0.15) is 0 Å². The third kappa shape index (κ3) is 6.04. The number of nitrogens with zero attached hydrogens (tertiary/aromatic N) is 2. The molecule has 38 heavy (non-hydrogen) atoms. The molecular weight excluding hydrogens is 504 g/mol. The molecule has 0 radical (unpaired) electrons. The van der Waals surface area contributed by atoms with Gasteiger partial charge in [0, 0.05) is 30.9 Å². The Kier molecular flexibility index (Phi) is 7.46. The van der Waals surface area contributed by atoms with Crippen LogP contribution in [0.25, 0.3) is 22.4 Å². The summed E-state index contributed by atoms with van der Waals surface area (Å²) in [5.74, 6) is 0.213. The van der Waals surface area contributed by atoms with Crippen molar-refractivity contribution in [3.05, 3.63) is 77.9 Å². The van der Waals surface area contributed by atoms with Gasteiger partial charge in [-0.1, -0.05) is 24.3 Å². The number of morpholine rings is 1. The summed E-state index contributed by atoms with van der Waals surface area (Å²) in [6.45, 7) is 7.82.